The third-order valence-electron chi connectivity index (χ3n) is 8.98. The van der Waals surface area contributed by atoms with Crippen molar-refractivity contribution < 1.29 is 23.8 Å². The summed E-state index contributed by atoms with van der Waals surface area (Å²) < 4.78 is 28.5. The van der Waals surface area contributed by atoms with Crippen LogP contribution in [0, 0.1) is 5.92 Å². The van der Waals surface area contributed by atoms with Crippen LogP contribution in [0.4, 0.5) is 10.2 Å². The molecule has 2 N–H and O–H groups in total. The molecule has 0 unspecified atom stereocenters. The number of nitrogens with one attached hydrogen (secondary N) is 1. The minimum Gasteiger partial charge on any atom is -0.496 e. The normalized spacial score (nSPS) is 22.4. The Kier molecular flexibility index (Phi) is 8.39. The van der Waals surface area contributed by atoms with Crippen molar-refractivity contribution in [1.82, 2.24) is 19.7 Å². The Hall–Kier alpha value is -3.24. The first kappa shape index (κ1) is 27.9. The summed E-state index contributed by atoms with van der Waals surface area (Å²) in [7, 11) is 1.70. The standard InChI is InChI=1S/C31H40FN5O4/c1-40-27-16-22(35-30-24(27)9-5-13-33-30)7-2-3-10-26(32)21-11-14-36(18-21)29(31(38)39)25-8-4-6-20-17-34-37(28(20)25)23-12-15-41-19-23/h4,6,8,16-17,21,23,26,29H,2-3,5,7,9-15,18-19H2,1H3,(H,33,35)(H,38,39)/t21-,23+,26+,29+/m1/s1. The van der Waals surface area contributed by atoms with E-state index in [1.807, 2.05) is 33.8 Å². The quantitative estimate of drug-likeness (QED) is 0.315. The molecule has 2 saturated heterocycles. The number of aryl methyl sites for hydroxylation is 1. The Morgan fingerprint density at radius 3 is 3.02 bits per heavy atom. The molecule has 0 saturated carbocycles. The number of aliphatic carboxylic acids is 1. The lowest BCUT2D eigenvalue weighted by Crippen LogP contribution is -2.34. The first-order chi connectivity index (χ1) is 20.0. The zero-order valence-corrected chi connectivity index (χ0v) is 23.7. The number of likely N-dealkylation sites (tertiary alicyclic amines) is 1. The molecule has 0 aliphatic carbocycles. The van der Waals surface area contributed by atoms with Crippen molar-refractivity contribution in [3.8, 4) is 5.75 Å². The number of para-hydroxylation sites is 1. The van der Waals surface area contributed by atoms with Gasteiger partial charge in [0.1, 0.15) is 23.8 Å². The van der Waals surface area contributed by atoms with E-state index in [4.69, 9.17) is 14.5 Å². The Balaban J connectivity index is 1.07. The van der Waals surface area contributed by atoms with Crippen molar-refractivity contribution in [3.05, 3.63) is 47.3 Å². The number of carboxylic acid groups (broad SMARTS) is 1. The van der Waals surface area contributed by atoms with Gasteiger partial charge in [0, 0.05) is 53.9 Å². The van der Waals surface area contributed by atoms with Crippen molar-refractivity contribution in [3.63, 3.8) is 0 Å². The molecule has 1 aromatic carbocycles. The summed E-state index contributed by atoms with van der Waals surface area (Å²) in [5, 5.41) is 19.2. The molecule has 3 aromatic rings. The molecular weight excluding hydrogens is 525 g/mol. The number of aromatic nitrogens is 3. The number of rotatable bonds is 11. The van der Waals surface area contributed by atoms with E-state index in [-0.39, 0.29) is 12.0 Å². The molecule has 5 heterocycles. The average Bonchev–Trinajstić information content (AvgIpc) is 3.76. The van der Waals surface area contributed by atoms with E-state index in [0.717, 1.165) is 84.4 Å². The van der Waals surface area contributed by atoms with Crippen LogP contribution in [0.5, 0.6) is 5.75 Å². The summed E-state index contributed by atoms with van der Waals surface area (Å²) in [5.41, 5.74) is 3.68. The highest BCUT2D eigenvalue weighted by Crippen LogP contribution is 2.36. The zero-order chi connectivity index (χ0) is 28.3. The molecular formula is C31H40FN5O4. The summed E-state index contributed by atoms with van der Waals surface area (Å²) in [6, 6.07) is 7.01. The van der Waals surface area contributed by atoms with Gasteiger partial charge in [0.05, 0.1) is 31.5 Å². The number of hydrogen-bond donors (Lipinski definition) is 2. The Morgan fingerprint density at radius 1 is 1.32 bits per heavy atom. The molecule has 0 spiro atoms. The van der Waals surface area contributed by atoms with Crippen molar-refractivity contribution in [2.75, 3.05) is 45.3 Å². The summed E-state index contributed by atoms with van der Waals surface area (Å²) in [5.74, 6) is 0.722. The molecule has 6 rings (SSSR count). The van der Waals surface area contributed by atoms with Crippen molar-refractivity contribution in [1.29, 1.82) is 0 Å². The summed E-state index contributed by atoms with van der Waals surface area (Å²) >= 11 is 0. The number of hydrogen-bond acceptors (Lipinski definition) is 7. The molecule has 10 heteroatoms. The van der Waals surface area contributed by atoms with E-state index in [9.17, 15) is 9.90 Å². The van der Waals surface area contributed by atoms with E-state index in [1.54, 1.807) is 13.3 Å². The third kappa shape index (κ3) is 5.77. The molecule has 0 amide bonds. The summed E-state index contributed by atoms with van der Waals surface area (Å²) in [6.45, 7) is 3.17. The number of fused-ring (bicyclic) bond motifs is 2. The van der Waals surface area contributed by atoms with Gasteiger partial charge in [-0.1, -0.05) is 24.6 Å². The van der Waals surface area contributed by atoms with Gasteiger partial charge in [0.2, 0.25) is 0 Å². The molecule has 4 atom stereocenters. The predicted molar refractivity (Wildman–Crippen MR) is 154 cm³/mol. The van der Waals surface area contributed by atoms with Crippen molar-refractivity contribution in [2.24, 2.45) is 5.92 Å². The third-order valence-corrected chi connectivity index (χ3v) is 8.98. The van der Waals surface area contributed by atoms with E-state index >= 15 is 4.39 Å². The van der Waals surface area contributed by atoms with Crippen LogP contribution in [0.25, 0.3) is 10.9 Å². The minimum atomic E-state index is -0.959. The second-order valence-corrected chi connectivity index (χ2v) is 11.6. The fourth-order valence-electron chi connectivity index (χ4n) is 6.82. The topological polar surface area (TPSA) is 102 Å². The molecule has 3 aliphatic rings. The largest absolute Gasteiger partial charge is 0.496 e. The number of unbranched alkanes of at least 4 members (excludes halogenated alkanes) is 1. The molecule has 2 aromatic heterocycles. The predicted octanol–water partition coefficient (Wildman–Crippen LogP) is 4.96. The highest BCUT2D eigenvalue weighted by Gasteiger charge is 2.38. The van der Waals surface area contributed by atoms with Crippen LogP contribution in [0.1, 0.15) is 67.4 Å². The minimum absolute atomic E-state index is 0.0958. The number of nitrogens with zero attached hydrogens (tertiary/aromatic N) is 4. The maximum atomic E-state index is 15.4. The number of benzene rings is 1. The number of anilines is 1. The number of carbonyl (C=O) groups is 1. The fraction of sp³-hybridized carbons (Fsp3) is 0.581. The van der Waals surface area contributed by atoms with Crippen LogP contribution in [-0.2, 0) is 22.4 Å². The maximum absolute atomic E-state index is 15.4. The highest BCUT2D eigenvalue weighted by atomic mass is 19.1. The number of ether oxygens (including phenoxy) is 2. The van der Waals surface area contributed by atoms with E-state index in [1.165, 1.54) is 0 Å². The van der Waals surface area contributed by atoms with Crippen LogP contribution in [-0.4, -0.2) is 76.9 Å². The van der Waals surface area contributed by atoms with Crippen LogP contribution in [0.15, 0.2) is 30.5 Å². The summed E-state index contributed by atoms with van der Waals surface area (Å²) in [6.07, 6.45) is 7.25. The van der Waals surface area contributed by atoms with Crippen molar-refractivity contribution in [2.45, 2.75) is 69.6 Å². The Bertz CT molecular complexity index is 1360. The first-order valence-corrected chi connectivity index (χ1v) is 15.0. The number of carboxylic acids is 1. The van der Waals surface area contributed by atoms with Gasteiger partial charge < -0.3 is 19.9 Å². The van der Waals surface area contributed by atoms with Gasteiger partial charge in [-0.2, -0.15) is 5.10 Å². The van der Waals surface area contributed by atoms with Gasteiger partial charge >= 0.3 is 5.97 Å². The number of alkyl halides is 1. The van der Waals surface area contributed by atoms with Gasteiger partial charge in [-0.15, -0.1) is 0 Å². The number of pyridine rings is 1. The molecule has 220 valence electrons. The molecule has 0 radical (unpaired) electrons. The molecule has 0 bridgehead atoms. The van der Waals surface area contributed by atoms with Gasteiger partial charge in [-0.05, 0) is 51.5 Å². The molecule has 41 heavy (non-hydrogen) atoms. The lowest BCUT2D eigenvalue weighted by atomic mass is 9.97. The van der Waals surface area contributed by atoms with E-state index < -0.39 is 18.2 Å². The lowest BCUT2D eigenvalue weighted by molar-refractivity contribution is -0.143. The number of methoxy groups -OCH3 is 1. The second kappa shape index (κ2) is 12.3. The van der Waals surface area contributed by atoms with Crippen LogP contribution in [0.2, 0.25) is 0 Å². The smallest absolute Gasteiger partial charge is 0.325 e. The Morgan fingerprint density at radius 2 is 2.22 bits per heavy atom. The van der Waals surface area contributed by atoms with E-state index in [0.29, 0.717) is 39.1 Å². The first-order valence-electron chi connectivity index (χ1n) is 15.0. The molecule has 3 aliphatic heterocycles. The van der Waals surface area contributed by atoms with Gasteiger partial charge in [-0.25, -0.2) is 9.37 Å². The van der Waals surface area contributed by atoms with Crippen molar-refractivity contribution >= 4 is 22.7 Å². The maximum Gasteiger partial charge on any atom is 0.325 e. The fourth-order valence-corrected chi connectivity index (χ4v) is 6.82. The zero-order valence-electron chi connectivity index (χ0n) is 23.7. The summed E-state index contributed by atoms with van der Waals surface area (Å²) in [4.78, 5) is 19.4. The SMILES string of the molecule is COc1cc(CCCC[C@H](F)[C@@H]2CCN([C@H](C(=O)O)c3cccc4cnn([C@H]5CCOC5)c34)C2)nc2c1CCCN2. The molecule has 2 fully saturated rings. The average molecular weight is 566 g/mol. The number of halogens is 1. The van der Waals surface area contributed by atoms with Gasteiger partial charge in [0.25, 0.3) is 0 Å². The van der Waals surface area contributed by atoms with Crippen LogP contribution >= 0.6 is 0 Å². The van der Waals surface area contributed by atoms with Crippen LogP contribution < -0.4 is 10.1 Å². The molecule has 9 nitrogen and oxygen atoms in total. The monoisotopic (exact) mass is 565 g/mol. The Labute approximate surface area is 240 Å². The second-order valence-electron chi connectivity index (χ2n) is 11.6. The van der Waals surface area contributed by atoms with Gasteiger partial charge in [-0.3, -0.25) is 14.4 Å². The lowest BCUT2D eigenvalue weighted by Gasteiger charge is -2.26. The highest BCUT2D eigenvalue weighted by molar-refractivity contribution is 5.88. The van der Waals surface area contributed by atoms with Crippen LogP contribution in [0.3, 0.4) is 0 Å². The van der Waals surface area contributed by atoms with Gasteiger partial charge in [0.15, 0.2) is 0 Å². The van der Waals surface area contributed by atoms with E-state index in [2.05, 4.69) is 10.4 Å².